The zero-order chi connectivity index (χ0) is 25.5. The number of benzene rings is 2. The van der Waals surface area contributed by atoms with Gasteiger partial charge in [0, 0.05) is 23.1 Å². The van der Waals surface area contributed by atoms with Crippen LogP contribution in [-0.2, 0) is 26.2 Å². The van der Waals surface area contributed by atoms with E-state index in [2.05, 4.69) is 5.32 Å². The number of carbonyl (C=O) groups is 2. The van der Waals surface area contributed by atoms with E-state index >= 15 is 0 Å². The van der Waals surface area contributed by atoms with Crippen molar-refractivity contribution in [3.05, 3.63) is 58.1 Å². The number of hydrogen-bond donors (Lipinski definition) is 1. The van der Waals surface area contributed by atoms with Gasteiger partial charge in [0.25, 0.3) is 0 Å². The van der Waals surface area contributed by atoms with Crippen LogP contribution in [-0.4, -0.2) is 57.6 Å². The van der Waals surface area contributed by atoms with Crippen LogP contribution < -0.4 is 14.4 Å². The molecule has 2 aromatic rings. The Hall–Kier alpha value is -2.49. The van der Waals surface area contributed by atoms with Gasteiger partial charge in [-0.1, -0.05) is 42.3 Å². The quantitative estimate of drug-likeness (QED) is 0.478. The average molecular weight is 530 g/mol. The van der Waals surface area contributed by atoms with E-state index in [0.717, 1.165) is 17.0 Å². The SMILES string of the molecule is CCCNC(=O)[C@H](C)N(Cc1cccc(Cl)c1)C(=O)CN(c1cc(Cl)ccc1OC)S(C)(=O)=O. The number of sulfonamides is 1. The third-order valence-electron chi connectivity index (χ3n) is 5.05. The summed E-state index contributed by atoms with van der Waals surface area (Å²) in [6, 6.07) is 10.5. The second kappa shape index (κ2) is 12.3. The number of nitrogens with one attached hydrogen (secondary N) is 1. The first-order valence-corrected chi connectivity index (χ1v) is 13.2. The molecule has 186 valence electrons. The molecule has 0 saturated carbocycles. The highest BCUT2D eigenvalue weighted by molar-refractivity contribution is 7.92. The first-order chi connectivity index (χ1) is 16.0. The van der Waals surface area contributed by atoms with E-state index in [9.17, 15) is 18.0 Å². The molecule has 0 saturated heterocycles. The van der Waals surface area contributed by atoms with Gasteiger partial charge in [0.1, 0.15) is 18.3 Å². The summed E-state index contributed by atoms with van der Waals surface area (Å²) in [7, 11) is -2.52. The van der Waals surface area contributed by atoms with Crippen molar-refractivity contribution < 1.29 is 22.7 Å². The first kappa shape index (κ1) is 27.8. The van der Waals surface area contributed by atoms with E-state index in [1.165, 1.54) is 24.1 Å². The van der Waals surface area contributed by atoms with Crippen LogP contribution in [0.1, 0.15) is 25.8 Å². The summed E-state index contributed by atoms with van der Waals surface area (Å²) in [5.74, 6) is -0.687. The molecule has 2 amide bonds. The number of nitrogens with zero attached hydrogens (tertiary/aromatic N) is 2. The number of ether oxygens (including phenoxy) is 1. The van der Waals surface area contributed by atoms with Gasteiger partial charge in [0.05, 0.1) is 19.1 Å². The molecule has 0 spiro atoms. The fraction of sp³-hybridized carbons (Fsp3) is 0.391. The van der Waals surface area contributed by atoms with Gasteiger partial charge in [-0.3, -0.25) is 13.9 Å². The Balaban J connectivity index is 2.45. The monoisotopic (exact) mass is 529 g/mol. The van der Waals surface area contributed by atoms with Crippen LogP contribution in [0.25, 0.3) is 0 Å². The minimum Gasteiger partial charge on any atom is -0.495 e. The molecule has 2 aromatic carbocycles. The van der Waals surface area contributed by atoms with Crippen LogP contribution in [0.4, 0.5) is 5.69 Å². The predicted molar refractivity (Wildman–Crippen MR) is 135 cm³/mol. The van der Waals surface area contributed by atoms with E-state index in [0.29, 0.717) is 17.1 Å². The summed E-state index contributed by atoms with van der Waals surface area (Å²) in [5.41, 5.74) is 0.818. The molecule has 0 heterocycles. The molecule has 0 radical (unpaired) electrons. The number of anilines is 1. The van der Waals surface area contributed by atoms with Crippen molar-refractivity contribution in [3.8, 4) is 5.75 Å². The molecular formula is C23H29Cl2N3O5S. The van der Waals surface area contributed by atoms with Crippen molar-refractivity contribution in [3.63, 3.8) is 0 Å². The van der Waals surface area contributed by atoms with Gasteiger partial charge in [0.2, 0.25) is 21.8 Å². The van der Waals surface area contributed by atoms with Gasteiger partial charge < -0.3 is 15.0 Å². The van der Waals surface area contributed by atoms with E-state index in [4.69, 9.17) is 27.9 Å². The lowest BCUT2D eigenvalue weighted by Gasteiger charge is -2.32. The van der Waals surface area contributed by atoms with Crippen LogP contribution in [0.5, 0.6) is 5.75 Å². The number of rotatable bonds is 11. The molecular weight excluding hydrogens is 501 g/mol. The van der Waals surface area contributed by atoms with Gasteiger partial charge in [-0.15, -0.1) is 0 Å². The first-order valence-electron chi connectivity index (χ1n) is 10.6. The van der Waals surface area contributed by atoms with E-state index in [1.807, 2.05) is 6.92 Å². The van der Waals surface area contributed by atoms with Crippen LogP contribution in [0, 0.1) is 0 Å². The summed E-state index contributed by atoms with van der Waals surface area (Å²) < 4.78 is 31.6. The topological polar surface area (TPSA) is 96.0 Å². The van der Waals surface area contributed by atoms with Gasteiger partial charge in [0.15, 0.2) is 0 Å². The Morgan fingerprint density at radius 2 is 1.79 bits per heavy atom. The number of methoxy groups -OCH3 is 1. The molecule has 0 unspecified atom stereocenters. The fourth-order valence-corrected chi connectivity index (χ4v) is 4.49. The Labute approximate surface area is 210 Å². The lowest BCUT2D eigenvalue weighted by molar-refractivity contribution is -0.139. The number of hydrogen-bond acceptors (Lipinski definition) is 5. The molecule has 11 heteroatoms. The van der Waals surface area contributed by atoms with Crippen LogP contribution in [0.15, 0.2) is 42.5 Å². The Morgan fingerprint density at radius 3 is 2.38 bits per heavy atom. The normalized spacial score (nSPS) is 12.1. The third kappa shape index (κ3) is 7.51. The van der Waals surface area contributed by atoms with Crippen molar-refractivity contribution in [2.45, 2.75) is 32.9 Å². The molecule has 0 bridgehead atoms. The van der Waals surface area contributed by atoms with Crippen molar-refractivity contribution >= 4 is 50.7 Å². The number of carbonyl (C=O) groups excluding carboxylic acids is 2. The minimum atomic E-state index is -3.91. The molecule has 0 aliphatic carbocycles. The summed E-state index contributed by atoms with van der Waals surface area (Å²) in [6.07, 6.45) is 1.72. The van der Waals surface area contributed by atoms with Gasteiger partial charge >= 0.3 is 0 Å². The van der Waals surface area contributed by atoms with Crippen molar-refractivity contribution in [1.29, 1.82) is 0 Å². The summed E-state index contributed by atoms with van der Waals surface area (Å²) >= 11 is 12.2. The maximum atomic E-state index is 13.5. The zero-order valence-corrected chi connectivity index (χ0v) is 21.9. The zero-order valence-electron chi connectivity index (χ0n) is 19.5. The maximum absolute atomic E-state index is 13.5. The van der Waals surface area contributed by atoms with Crippen molar-refractivity contribution in [2.24, 2.45) is 0 Å². The van der Waals surface area contributed by atoms with Crippen molar-refractivity contribution in [2.75, 3.05) is 30.8 Å². The van der Waals surface area contributed by atoms with Gasteiger partial charge in [-0.2, -0.15) is 0 Å². The number of amides is 2. The van der Waals surface area contributed by atoms with Crippen LogP contribution in [0.2, 0.25) is 10.0 Å². The Kier molecular flexibility index (Phi) is 10.0. The van der Waals surface area contributed by atoms with Crippen LogP contribution >= 0.6 is 23.2 Å². The predicted octanol–water partition coefficient (Wildman–Crippen LogP) is 3.71. The lowest BCUT2D eigenvalue weighted by atomic mass is 10.1. The number of halogens is 2. The second-order valence-corrected chi connectivity index (χ2v) is 10.5. The van der Waals surface area contributed by atoms with Gasteiger partial charge in [-0.25, -0.2) is 8.42 Å². The molecule has 0 aromatic heterocycles. The van der Waals surface area contributed by atoms with Crippen molar-refractivity contribution in [1.82, 2.24) is 10.2 Å². The summed E-state index contributed by atoms with van der Waals surface area (Å²) in [5, 5.41) is 3.54. The highest BCUT2D eigenvalue weighted by atomic mass is 35.5. The maximum Gasteiger partial charge on any atom is 0.244 e. The van der Waals surface area contributed by atoms with E-state index < -0.39 is 28.5 Å². The molecule has 0 aliphatic heterocycles. The van der Waals surface area contributed by atoms with E-state index in [-0.39, 0.29) is 28.9 Å². The molecule has 8 nitrogen and oxygen atoms in total. The average Bonchev–Trinajstić information content (AvgIpc) is 2.78. The summed E-state index contributed by atoms with van der Waals surface area (Å²) in [4.78, 5) is 27.5. The smallest absolute Gasteiger partial charge is 0.244 e. The molecule has 0 fully saturated rings. The highest BCUT2D eigenvalue weighted by Crippen LogP contribution is 2.33. The standard InChI is InChI=1S/C23H29Cl2N3O5S/c1-5-11-26-23(30)16(2)27(14-17-7-6-8-18(24)12-17)22(29)15-28(34(4,31)32)20-13-19(25)9-10-21(20)33-3/h6-10,12-13,16H,5,11,14-15H2,1-4H3,(H,26,30)/t16-/m0/s1. The van der Waals surface area contributed by atoms with E-state index in [1.54, 1.807) is 37.3 Å². The molecule has 0 aliphatic rings. The molecule has 34 heavy (non-hydrogen) atoms. The largest absolute Gasteiger partial charge is 0.495 e. The van der Waals surface area contributed by atoms with Gasteiger partial charge in [-0.05, 0) is 49.2 Å². The molecule has 1 N–H and O–H groups in total. The Bertz CT molecular complexity index is 1130. The summed E-state index contributed by atoms with van der Waals surface area (Å²) in [6.45, 7) is 3.48. The molecule has 2 rings (SSSR count). The third-order valence-corrected chi connectivity index (χ3v) is 6.64. The van der Waals surface area contributed by atoms with Crippen LogP contribution in [0.3, 0.4) is 0 Å². The molecule has 1 atom stereocenters. The minimum absolute atomic E-state index is 0.0599. The second-order valence-electron chi connectivity index (χ2n) is 7.70. The Morgan fingerprint density at radius 1 is 1.12 bits per heavy atom. The fourth-order valence-electron chi connectivity index (χ4n) is 3.26. The highest BCUT2D eigenvalue weighted by Gasteiger charge is 2.31. The lowest BCUT2D eigenvalue weighted by Crippen LogP contribution is -2.51.